The third-order valence-electron chi connectivity index (χ3n) is 1.90. The van der Waals surface area contributed by atoms with Crippen molar-refractivity contribution in [3.63, 3.8) is 0 Å². The van der Waals surface area contributed by atoms with Gasteiger partial charge in [0.25, 0.3) is 0 Å². The van der Waals surface area contributed by atoms with Gasteiger partial charge < -0.3 is 10.4 Å². The van der Waals surface area contributed by atoms with Gasteiger partial charge in [-0.2, -0.15) is 0 Å². The van der Waals surface area contributed by atoms with E-state index < -0.39 is 0 Å². The Bertz CT molecular complexity index is 360. The van der Waals surface area contributed by atoms with Crippen LogP contribution in [-0.2, 0) is 4.79 Å². The lowest BCUT2D eigenvalue weighted by Crippen LogP contribution is -2.17. The van der Waals surface area contributed by atoms with Crippen LogP contribution in [0, 0.1) is 0 Å². The molecule has 0 radical (unpaired) electrons. The highest BCUT2D eigenvalue weighted by Crippen LogP contribution is 2.21. The highest BCUT2D eigenvalue weighted by molar-refractivity contribution is 9.10. The summed E-state index contributed by atoms with van der Waals surface area (Å²) >= 11 is 4.79. The predicted octanol–water partition coefficient (Wildman–Crippen LogP) is 2.50. The molecular formula is C11H14BrNO2S. The number of carbonyl (C=O) groups excluding carboxylic acids is 1. The van der Waals surface area contributed by atoms with Crippen LogP contribution >= 0.6 is 27.7 Å². The molecule has 0 aliphatic heterocycles. The van der Waals surface area contributed by atoms with Crippen LogP contribution in [0.5, 0.6) is 0 Å². The maximum atomic E-state index is 11.6. The molecule has 2 N–H and O–H groups in total. The van der Waals surface area contributed by atoms with Gasteiger partial charge in [-0.3, -0.25) is 4.79 Å². The fourth-order valence-corrected chi connectivity index (χ4v) is 2.02. The van der Waals surface area contributed by atoms with E-state index in [-0.39, 0.29) is 17.8 Å². The van der Waals surface area contributed by atoms with Gasteiger partial charge in [-0.05, 0) is 28.1 Å². The number of rotatable bonds is 5. The summed E-state index contributed by atoms with van der Waals surface area (Å²) in [5, 5.41) is 11.7. The fraction of sp³-hybridized carbons (Fsp3) is 0.364. The molecule has 0 aliphatic carbocycles. The number of thioether (sulfide) groups is 1. The summed E-state index contributed by atoms with van der Waals surface area (Å²) in [5.74, 6) is 0.292. The van der Waals surface area contributed by atoms with Crippen molar-refractivity contribution < 1.29 is 9.90 Å². The number of aliphatic hydroxyl groups excluding tert-OH is 1. The molecule has 16 heavy (non-hydrogen) atoms. The molecule has 1 atom stereocenters. The lowest BCUT2D eigenvalue weighted by molar-refractivity contribution is -0.113. The number of amides is 1. The van der Waals surface area contributed by atoms with Crippen LogP contribution in [0.1, 0.15) is 6.92 Å². The Morgan fingerprint density at radius 1 is 1.56 bits per heavy atom. The molecule has 88 valence electrons. The highest BCUT2D eigenvalue weighted by atomic mass is 79.9. The lowest BCUT2D eigenvalue weighted by atomic mass is 10.3. The Balaban J connectivity index is 2.43. The molecule has 1 unspecified atom stereocenters. The summed E-state index contributed by atoms with van der Waals surface area (Å²) in [6.45, 7) is 1.98. The Labute approximate surface area is 108 Å². The van der Waals surface area contributed by atoms with Crippen LogP contribution in [0.15, 0.2) is 28.7 Å². The number of carbonyl (C=O) groups is 1. The van der Waals surface area contributed by atoms with Gasteiger partial charge in [-0.15, -0.1) is 11.8 Å². The average molecular weight is 304 g/mol. The summed E-state index contributed by atoms with van der Waals surface area (Å²) in [7, 11) is 0. The van der Waals surface area contributed by atoms with E-state index in [4.69, 9.17) is 5.11 Å². The number of aliphatic hydroxyl groups is 1. The van der Waals surface area contributed by atoms with Crippen molar-refractivity contribution in [2.24, 2.45) is 0 Å². The Morgan fingerprint density at radius 2 is 2.25 bits per heavy atom. The Hall–Kier alpha value is -0.520. The van der Waals surface area contributed by atoms with Gasteiger partial charge in [-0.25, -0.2) is 0 Å². The van der Waals surface area contributed by atoms with Crippen LogP contribution < -0.4 is 5.32 Å². The minimum atomic E-state index is -0.0581. The summed E-state index contributed by atoms with van der Waals surface area (Å²) in [4.78, 5) is 11.6. The molecule has 0 bridgehead atoms. The SMILES string of the molecule is CC(CO)SCC(=O)Nc1ccccc1Br. The van der Waals surface area contributed by atoms with E-state index in [9.17, 15) is 4.79 Å². The molecule has 0 spiro atoms. The maximum absolute atomic E-state index is 11.6. The Kier molecular flexibility index (Phi) is 5.87. The number of para-hydroxylation sites is 1. The molecule has 1 rings (SSSR count). The molecule has 1 aromatic rings. The first-order valence-corrected chi connectivity index (χ1v) is 6.74. The summed E-state index contributed by atoms with van der Waals surface area (Å²) < 4.78 is 0.864. The molecule has 3 nitrogen and oxygen atoms in total. The van der Waals surface area contributed by atoms with E-state index >= 15 is 0 Å². The average Bonchev–Trinajstić information content (AvgIpc) is 2.29. The smallest absolute Gasteiger partial charge is 0.234 e. The van der Waals surface area contributed by atoms with Crippen LogP contribution in [0.4, 0.5) is 5.69 Å². The second kappa shape index (κ2) is 6.93. The van der Waals surface area contributed by atoms with Crippen LogP contribution in [0.25, 0.3) is 0 Å². The van der Waals surface area contributed by atoms with Crippen molar-refractivity contribution in [1.82, 2.24) is 0 Å². The predicted molar refractivity (Wildman–Crippen MR) is 71.8 cm³/mol. The number of hydrogen-bond acceptors (Lipinski definition) is 3. The molecule has 0 saturated heterocycles. The monoisotopic (exact) mass is 303 g/mol. The largest absolute Gasteiger partial charge is 0.395 e. The van der Waals surface area contributed by atoms with Crippen molar-refractivity contribution in [1.29, 1.82) is 0 Å². The first-order chi connectivity index (χ1) is 7.63. The molecular weight excluding hydrogens is 290 g/mol. The standard InChI is InChI=1S/C11H14BrNO2S/c1-8(6-14)16-7-11(15)13-10-5-3-2-4-9(10)12/h2-5,8,14H,6-7H2,1H3,(H,13,15). The summed E-state index contributed by atoms with van der Waals surface area (Å²) in [6, 6.07) is 7.47. The highest BCUT2D eigenvalue weighted by Gasteiger charge is 2.07. The van der Waals surface area contributed by atoms with E-state index in [2.05, 4.69) is 21.2 Å². The molecule has 0 saturated carbocycles. The molecule has 0 heterocycles. The third-order valence-corrected chi connectivity index (χ3v) is 3.74. The van der Waals surface area contributed by atoms with Gasteiger partial charge in [-0.1, -0.05) is 19.1 Å². The first-order valence-electron chi connectivity index (χ1n) is 4.90. The molecule has 0 aliphatic rings. The van der Waals surface area contributed by atoms with E-state index in [1.807, 2.05) is 31.2 Å². The van der Waals surface area contributed by atoms with Gasteiger partial charge in [0.1, 0.15) is 0 Å². The first kappa shape index (κ1) is 13.5. The van der Waals surface area contributed by atoms with Crippen molar-refractivity contribution in [2.75, 3.05) is 17.7 Å². The lowest BCUT2D eigenvalue weighted by Gasteiger charge is -2.09. The van der Waals surface area contributed by atoms with Gasteiger partial charge in [0, 0.05) is 9.72 Å². The van der Waals surface area contributed by atoms with E-state index in [0.717, 1.165) is 10.2 Å². The molecule has 5 heteroatoms. The second-order valence-corrected chi connectivity index (χ2v) is 5.61. The Morgan fingerprint density at radius 3 is 2.88 bits per heavy atom. The summed E-state index contributed by atoms with van der Waals surface area (Å²) in [5.41, 5.74) is 0.768. The minimum absolute atomic E-state index is 0.0581. The fourth-order valence-electron chi connectivity index (χ4n) is 1.02. The van der Waals surface area contributed by atoms with Gasteiger partial charge >= 0.3 is 0 Å². The van der Waals surface area contributed by atoms with Crippen molar-refractivity contribution in [2.45, 2.75) is 12.2 Å². The maximum Gasteiger partial charge on any atom is 0.234 e. The number of benzene rings is 1. The summed E-state index contributed by atoms with van der Waals surface area (Å²) in [6.07, 6.45) is 0. The van der Waals surface area contributed by atoms with Crippen LogP contribution in [0.3, 0.4) is 0 Å². The molecule has 0 fully saturated rings. The molecule has 0 aromatic heterocycles. The molecule has 1 amide bonds. The zero-order chi connectivity index (χ0) is 12.0. The van der Waals surface area contributed by atoms with E-state index in [1.54, 1.807) is 0 Å². The number of hydrogen-bond donors (Lipinski definition) is 2. The normalized spacial score (nSPS) is 12.2. The van der Waals surface area contributed by atoms with Gasteiger partial charge in [0.15, 0.2) is 0 Å². The van der Waals surface area contributed by atoms with E-state index in [0.29, 0.717) is 5.75 Å². The third kappa shape index (κ3) is 4.55. The van der Waals surface area contributed by atoms with Crippen molar-refractivity contribution in [3.05, 3.63) is 28.7 Å². The molecule has 1 aromatic carbocycles. The zero-order valence-corrected chi connectivity index (χ0v) is 11.3. The van der Waals surface area contributed by atoms with Gasteiger partial charge in [0.2, 0.25) is 5.91 Å². The number of halogens is 1. The minimum Gasteiger partial charge on any atom is -0.395 e. The second-order valence-electron chi connectivity index (χ2n) is 3.33. The van der Waals surface area contributed by atoms with E-state index in [1.165, 1.54) is 11.8 Å². The van der Waals surface area contributed by atoms with Crippen molar-refractivity contribution >= 4 is 39.3 Å². The number of nitrogens with one attached hydrogen (secondary N) is 1. The van der Waals surface area contributed by atoms with Gasteiger partial charge in [0.05, 0.1) is 18.0 Å². The van der Waals surface area contributed by atoms with Crippen LogP contribution in [0.2, 0.25) is 0 Å². The van der Waals surface area contributed by atoms with Crippen LogP contribution in [-0.4, -0.2) is 28.6 Å². The topological polar surface area (TPSA) is 49.3 Å². The number of anilines is 1. The van der Waals surface area contributed by atoms with Crippen molar-refractivity contribution in [3.8, 4) is 0 Å². The quantitative estimate of drug-likeness (QED) is 0.879. The zero-order valence-electron chi connectivity index (χ0n) is 8.94.